The Balaban J connectivity index is 1.55. The first kappa shape index (κ1) is 26.5. The van der Waals surface area contributed by atoms with Gasteiger partial charge in [0.15, 0.2) is 17.3 Å². The van der Waals surface area contributed by atoms with Gasteiger partial charge in [0, 0.05) is 48.9 Å². The van der Waals surface area contributed by atoms with Gasteiger partial charge in [0.2, 0.25) is 0 Å². The normalized spacial score (nSPS) is 15.4. The molecular weight excluding hydrogens is 498 g/mol. The second-order valence-electron chi connectivity index (χ2n) is 10.6. The summed E-state index contributed by atoms with van der Waals surface area (Å²) in [5, 5.41) is 13.6. The van der Waals surface area contributed by atoms with Gasteiger partial charge in [0.25, 0.3) is 5.56 Å². The lowest BCUT2D eigenvalue weighted by Gasteiger charge is -2.40. The van der Waals surface area contributed by atoms with E-state index >= 15 is 0 Å². The molecule has 2 aromatic heterocycles. The molecule has 1 saturated heterocycles. The molecule has 0 saturated carbocycles. The van der Waals surface area contributed by atoms with E-state index in [0.717, 1.165) is 43.0 Å². The topological polar surface area (TPSA) is 111 Å². The lowest BCUT2D eigenvalue weighted by atomic mass is 10.0. The first-order chi connectivity index (χ1) is 18.7. The Kier molecular flexibility index (Phi) is 7.17. The number of ether oxygens (including phenoxy) is 3. The Morgan fingerprint density at radius 1 is 0.897 bits per heavy atom. The molecule has 11 nitrogen and oxygen atoms in total. The number of fused-ring (bicyclic) bond motifs is 1. The summed E-state index contributed by atoms with van der Waals surface area (Å²) in [5.74, 6) is 2.60. The van der Waals surface area contributed by atoms with E-state index in [1.165, 1.54) is 0 Å². The number of nitrogens with one attached hydrogen (secondary N) is 1. The lowest BCUT2D eigenvalue weighted by molar-refractivity contribution is 0.190. The van der Waals surface area contributed by atoms with Gasteiger partial charge in [-0.05, 0) is 67.6 Å². The largest absolute Gasteiger partial charge is 0.497 e. The van der Waals surface area contributed by atoms with Gasteiger partial charge in [-0.25, -0.2) is 4.68 Å². The standard InChI is InChI=1S/C28H35N7O4/c1-28(2,3)35-26(30-31-32-35)25(34-13-11-33(12-14-34)19-7-9-20(37-4)10-8-19)21-15-18-16-23(38-5)24(39-6)17-22(18)29-27(21)36/h7-10,15-17,25H,11-14H2,1-6H3,(H,29,36)/t25-/m0/s1. The van der Waals surface area contributed by atoms with Crippen molar-refractivity contribution in [2.75, 3.05) is 52.4 Å². The molecule has 1 atom stereocenters. The van der Waals surface area contributed by atoms with Crippen LogP contribution in [0, 0.1) is 0 Å². The van der Waals surface area contributed by atoms with Crippen LogP contribution in [0.4, 0.5) is 5.69 Å². The molecule has 0 radical (unpaired) electrons. The highest BCUT2D eigenvalue weighted by molar-refractivity contribution is 5.83. The van der Waals surface area contributed by atoms with Crippen molar-refractivity contribution >= 4 is 16.6 Å². The number of methoxy groups -OCH3 is 3. The second kappa shape index (κ2) is 10.6. The van der Waals surface area contributed by atoms with Crippen LogP contribution in [-0.2, 0) is 5.54 Å². The second-order valence-corrected chi connectivity index (χ2v) is 10.6. The van der Waals surface area contributed by atoms with Crippen molar-refractivity contribution in [2.24, 2.45) is 0 Å². The molecule has 4 aromatic rings. The van der Waals surface area contributed by atoms with Crippen molar-refractivity contribution < 1.29 is 14.2 Å². The zero-order valence-corrected chi connectivity index (χ0v) is 23.3. The molecule has 1 fully saturated rings. The average molecular weight is 534 g/mol. The molecule has 1 aliphatic rings. The fourth-order valence-corrected chi connectivity index (χ4v) is 5.13. The predicted molar refractivity (Wildman–Crippen MR) is 149 cm³/mol. The highest BCUT2D eigenvalue weighted by atomic mass is 16.5. The maximum Gasteiger partial charge on any atom is 0.253 e. The van der Waals surface area contributed by atoms with E-state index in [-0.39, 0.29) is 11.1 Å². The molecule has 11 heteroatoms. The van der Waals surface area contributed by atoms with E-state index in [9.17, 15) is 4.79 Å². The van der Waals surface area contributed by atoms with Crippen LogP contribution in [0.1, 0.15) is 38.2 Å². The average Bonchev–Trinajstić information content (AvgIpc) is 3.43. The third-order valence-corrected chi connectivity index (χ3v) is 7.16. The summed E-state index contributed by atoms with van der Waals surface area (Å²) in [6, 6.07) is 13.2. The van der Waals surface area contributed by atoms with Crippen LogP contribution in [0.25, 0.3) is 10.9 Å². The number of benzene rings is 2. The molecule has 206 valence electrons. The predicted octanol–water partition coefficient (Wildman–Crippen LogP) is 3.21. The van der Waals surface area contributed by atoms with Crippen molar-refractivity contribution in [3.05, 3.63) is 64.2 Å². The van der Waals surface area contributed by atoms with E-state index in [4.69, 9.17) is 14.2 Å². The van der Waals surface area contributed by atoms with Gasteiger partial charge in [0.05, 0.1) is 32.4 Å². The summed E-state index contributed by atoms with van der Waals surface area (Å²) in [6.07, 6.45) is 0. The number of H-pyrrole nitrogens is 1. The molecular formula is C28H35N7O4. The monoisotopic (exact) mass is 533 g/mol. The number of rotatable bonds is 7. The number of nitrogens with zero attached hydrogens (tertiary/aromatic N) is 6. The Hall–Kier alpha value is -4.12. The van der Waals surface area contributed by atoms with Crippen LogP contribution < -0.4 is 24.7 Å². The SMILES string of the molecule is COc1ccc(N2CCN([C@@H](c3cc4cc(OC)c(OC)cc4[nH]c3=O)c3nnnn3C(C)(C)C)CC2)cc1. The van der Waals surface area contributed by atoms with Crippen LogP contribution in [0.3, 0.4) is 0 Å². The summed E-state index contributed by atoms with van der Waals surface area (Å²) >= 11 is 0. The maximum absolute atomic E-state index is 13.6. The van der Waals surface area contributed by atoms with Crippen molar-refractivity contribution in [3.63, 3.8) is 0 Å². The van der Waals surface area contributed by atoms with E-state index in [1.54, 1.807) is 27.4 Å². The molecule has 0 amide bonds. The van der Waals surface area contributed by atoms with Crippen LogP contribution in [0.2, 0.25) is 0 Å². The smallest absolute Gasteiger partial charge is 0.253 e. The minimum Gasteiger partial charge on any atom is -0.497 e. The van der Waals surface area contributed by atoms with Crippen molar-refractivity contribution in [3.8, 4) is 17.2 Å². The summed E-state index contributed by atoms with van der Waals surface area (Å²) in [6.45, 7) is 9.16. The quantitative estimate of drug-likeness (QED) is 0.383. The van der Waals surface area contributed by atoms with Crippen molar-refractivity contribution in [2.45, 2.75) is 32.4 Å². The van der Waals surface area contributed by atoms with Gasteiger partial charge >= 0.3 is 0 Å². The molecule has 0 spiro atoms. The van der Waals surface area contributed by atoms with Gasteiger partial charge in [-0.15, -0.1) is 5.10 Å². The first-order valence-electron chi connectivity index (χ1n) is 12.9. The Labute approximate surface area is 227 Å². The van der Waals surface area contributed by atoms with E-state index in [1.807, 2.05) is 49.7 Å². The number of tetrazole rings is 1. The van der Waals surface area contributed by atoms with E-state index in [2.05, 4.69) is 42.4 Å². The minimum absolute atomic E-state index is 0.194. The zero-order chi connectivity index (χ0) is 27.7. The number of pyridine rings is 1. The number of hydrogen-bond acceptors (Lipinski definition) is 9. The summed E-state index contributed by atoms with van der Waals surface area (Å²) < 4.78 is 18.1. The molecule has 5 rings (SSSR count). The fourth-order valence-electron chi connectivity index (χ4n) is 5.13. The molecule has 0 bridgehead atoms. The Morgan fingerprint density at radius 3 is 2.18 bits per heavy atom. The molecule has 2 aromatic carbocycles. The van der Waals surface area contributed by atoms with E-state index < -0.39 is 6.04 Å². The summed E-state index contributed by atoms with van der Waals surface area (Å²) in [4.78, 5) is 21.3. The van der Waals surface area contributed by atoms with Gasteiger partial charge in [-0.3, -0.25) is 9.69 Å². The molecule has 0 unspecified atom stereocenters. The lowest BCUT2D eigenvalue weighted by Crippen LogP contribution is -2.49. The van der Waals surface area contributed by atoms with Gasteiger partial charge in [-0.1, -0.05) is 0 Å². The van der Waals surface area contributed by atoms with Gasteiger partial charge < -0.3 is 24.1 Å². The molecule has 3 heterocycles. The molecule has 1 aliphatic heterocycles. The number of anilines is 1. The third kappa shape index (κ3) is 5.14. The summed E-state index contributed by atoms with van der Waals surface area (Å²) in [7, 11) is 4.84. The number of aromatic nitrogens is 5. The Morgan fingerprint density at radius 2 is 1.56 bits per heavy atom. The van der Waals surface area contributed by atoms with Gasteiger partial charge in [0.1, 0.15) is 11.8 Å². The van der Waals surface area contributed by atoms with Crippen LogP contribution in [-0.4, -0.2) is 77.6 Å². The highest BCUT2D eigenvalue weighted by Crippen LogP contribution is 2.34. The van der Waals surface area contributed by atoms with Crippen LogP contribution in [0.5, 0.6) is 17.2 Å². The number of piperazine rings is 1. The van der Waals surface area contributed by atoms with Crippen LogP contribution >= 0.6 is 0 Å². The van der Waals surface area contributed by atoms with Crippen molar-refractivity contribution in [1.82, 2.24) is 30.1 Å². The molecule has 0 aliphatic carbocycles. The molecule has 1 N–H and O–H groups in total. The summed E-state index contributed by atoms with van der Waals surface area (Å²) in [5.41, 5.74) is 1.81. The van der Waals surface area contributed by atoms with Gasteiger partial charge in [-0.2, -0.15) is 0 Å². The number of hydrogen-bond donors (Lipinski definition) is 1. The zero-order valence-electron chi connectivity index (χ0n) is 23.3. The maximum atomic E-state index is 13.6. The number of aromatic amines is 1. The third-order valence-electron chi connectivity index (χ3n) is 7.16. The first-order valence-corrected chi connectivity index (χ1v) is 12.9. The fraction of sp³-hybridized carbons (Fsp3) is 0.429. The Bertz CT molecular complexity index is 1500. The minimum atomic E-state index is -0.446. The van der Waals surface area contributed by atoms with Crippen LogP contribution in [0.15, 0.2) is 47.3 Å². The molecule has 39 heavy (non-hydrogen) atoms. The highest BCUT2D eigenvalue weighted by Gasteiger charge is 2.35. The van der Waals surface area contributed by atoms with Crippen molar-refractivity contribution in [1.29, 1.82) is 0 Å². The van der Waals surface area contributed by atoms with E-state index in [0.29, 0.717) is 28.4 Å².